The predicted octanol–water partition coefficient (Wildman–Crippen LogP) is 4.28. The maximum atomic E-state index is 12.0. The molecule has 5 heteroatoms. The summed E-state index contributed by atoms with van der Waals surface area (Å²) in [6.07, 6.45) is 0. The molecule has 0 aliphatic carbocycles. The van der Waals surface area contributed by atoms with Crippen LogP contribution in [0.15, 0.2) is 34.1 Å². The van der Waals surface area contributed by atoms with E-state index in [2.05, 4.69) is 40.1 Å². The number of halogens is 1. The van der Waals surface area contributed by atoms with Crippen molar-refractivity contribution < 1.29 is 4.79 Å². The number of rotatable bonds is 3. The van der Waals surface area contributed by atoms with Crippen molar-refractivity contribution in [2.45, 2.75) is 19.8 Å². The molecule has 94 valence electrons. The van der Waals surface area contributed by atoms with Gasteiger partial charge in [-0.15, -0.1) is 11.3 Å². The molecule has 0 atom stereocenters. The highest BCUT2D eigenvalue weighted by Gasteiger charge is 2.10. The summed E-state index contributed by atoms with van der Waals surface area (Å²) in [5, 5.41) is 5.42. The van der Waals surface area contributed by atoms with Crippen molar-refractivity contribution in [3.8, 4) is 0 Å². The number of carbonyl (C=O) groups is 1. The van der Waals surface area contributed by atoms with Gasteiger partial charge < -0.3 is 0 Å². The van der Waals surface area contributed by atoms with E-state index in [0.717, 1.165) is 10.2 Å². The Hall–Kier alpha value is -1.20. The van der Waals surface area contributed by atoms with E-state index in [9.17, 15) is 4.79 Å². The molecular formula is C13H13BrN2OS. The van der Waals surface area contributed by atoms with Gasteiger partial charge in [-0.3, -0.25) is 10.1 Å². The molecule has 0 saturated carbocycles. The number of thiazole rings is 1. The zero-order valence-corrected chi connectivity index (χ0v) is 12.5. The van der Waals surface area contributed by atoms with Crippen LogP contribution in [0.3, 0.4) is 0 Å². The van der Waals surface area contributed by atoms with Crippen molar-refractivity contribution in [3.63, 3.8) is 0 Å². The third-order valence-electron chi connectivity index (χ3n) is 2.42. The molecule has 0 spiro atoms. The summed E-state index contributed by atoms with van der Waals surface area (Å²) in [6.45, 7) is 4.16. The van der Waals surface area contributed by atoms with Gasteiger partial charge in [0, 0.05) is 15.4 Å². The Morgan fingerprint density at radius 1 is 1.44 bits per heavy atom. The van der Waals surface area contributed by atoms with E-state index in [-0.39, 0.29) is 5.91 Å². The first-order valence-corrected chi connectivity index (χ1v) is 7.26. The quantitative estimate of drug-likeness (QED) is 0.915. The standard InChI is InChI=1S/C13H13BrN2OS/c1-8(2)11-7-18-13(15-11)16-12(17)9-4-3-5-10(14)6-9/h3-8H,1-2H3,(H,15,16,17). The van der Waals surface area contributed by atoms with Crippen LogP contribution in [0.25, 0.3) is 0 Å². The van der Waals surface area contributed by atoms with Crippen LogP contribution < -0.4 is 5.32 Å². The number of carbonyl (C=O) groups excluding carboxylic acids is 1. The molecule has 18 heavy (non-hydrogen) atoms. The Bertz CT molecular complexity index is 566. The average molecular weight is 325 g/mol. The summed E-state index contributed by atoms with van der Waals surface area (Å²) in [5.41, 5.74) is 1.62. The number of benzene rings is 1. The minimum absolute atomic E-state index is 0.138. The Kier molecular flexibility index (Phi) is 4.14. The van der Waals surface area contributed by atoms with Crippen molar-refractivity contribution in [1.29, 1.82) is 0 Å². The van der Waals surface area contributed by atoms with Crippen LogP contribution in [0.5, 0.6) is 0 Å². The first-order chi connectivity index (χ1) is 8.56. The fourth-order valence-electron chi connectivity index (χ4n) is 1.41. The molecule has 1 amide bonds. The molecule has 1 aromatic heterocycles. The molecule has 0 radical (unpaired) electrons. The lowest BCUT2D eigenvalue weighted by Gasteiger charge is -2.02. The molecule has 3 nitrogen and oxygen atoms in total. The summed E-state index contributed by atoms with van der Waals surface area (Å²) < 4.78 is 0.886. The lowest BCUT2D eigenvalue weighted by atomic mass is 10.2. The Balaban J connectivity index is 2.11. The minimum atomic E-state index is -0.138. The summed E-state index contributed by atoms with van der Waals surface area (Å²) in [6, 6.07) is 7.28. The molecule has 0 saturated heterocycles. The van der Waals surface area contributed by atoms with Crippen LogP contribution in [0.1, 0.15) is 35.8 Å². The zero-order valence-electron chi connectivity index (χ0n) is 10.1. The second-order valence-corrected chi connectivity index (χ2v) is 5.97. The fraction of sp³-hybridized carbons (Fsp3) is 0.231. The number of hydrogen-bond acceptors (Lipinski definition) is 3. The third kappa shape index (κ3) is 3.17. The second kappa shape index (κ2) is 5.63. The molecular weight excluding hydrogens is 312 g/mol. The van der Waals surface area contributed by atoms with E-state index in [1.165, 1.54) is 11.3 Å². The van der Waals surface area contributed by atoms with Crippen LogP contribution in [0.2, 0.25) is 0 Å². The molecule has 0 bridgehead atoms. The van der Waals surface area contributed by atoms with E-state index in [1.807, 2.05) is 17.5 Å². The largest absolute Gasteiger partial charge is 0.298 e. The maximum absolute atomic E-state index is 12.0. The molecule has 0 fully saturated rings. The molecule has 1 aromatic carbocycles. The van der Waals surface area contributed by atoms with Crippen molar-refractivity contribution >= 4 is 38.3 Å². The van der Waals surface area contributed by atoms with Crippen LogP contribution in [0.4, 0.5) is 5.13 Å². The first kappa shape index (κ1) is 13.2. The van der Waals surface area contributed by atoms with E-state index >= 15 is 0 Å². The third-order valence-corrected chi connectivity index (χ3v) is 3.69. The summed E-state index contributed by atoms with van der Waals surface area (Å²) in [7, 11) is 0. The number of anilines is 1. The van der Waals surface area contributed by atoms with Crippen LogP contribution in [0, 0.1) is 0 Å². The molecule has 2 aromatic rings. The Morgan fingerprint density at radius 3 is 2.83 bits per heavy atom. The van der Waals surface area contributed by atoms with Crippen molar-refractivity contribution in [1.82, 2.24) is 4.98 Å². The lowest BCUT2D eigenvalue weighted by molar-refractivity contribution is 0.102. The van der Waals surface area contributed by atoms with E-state index in [0.29, 0.717) is 16.6 Å². The van der Waals surface area contributed by atoms with Gasteiger partial charge in [-0.05, 0) is 24.1 Å². The number of nitrogens with zero attached hydrogens (tertiary/aromatic N) is 1. The SMILES string of the molecule is CC(C)c1csc(NC(=O)c2cccc(Br)c2)n1. The summed E-state index contributed by atoms with van der Waals surface area (Å²) in [5.74, 6) is 0.235. The topological polar surface area (TPSA) is 42.0 Å². The van der Waals surface area contributed by atoms with Crippen molar-refractivity contribution in [3.05, 3.63) is 45.4 Å². The second-order valence-electron chi connectivity index (χ2n) is 4.20. The van der Waals surface area contributed by atoms with Gasteiger partial charge in [-0.25, -0.2) is 4.98 Å². The summed E-state index contributed by atoms with van der Waals surface area (Å²) >= 11 is 4.80. The fourth-order valence-corrected chi connectivity index (χ4v) is 2.67. The molecule has 1 N–H and O–H groups in total. The molecule has 0 aliphatic heterocycles. The molecule has 0 unspecified atom stereocenters. The van der Waals surface area contributed by atoms with E-state index < -0.39 is 0 Å². The molecule has 0 aliphatic rings. The van der Waals surface area contributed by atoms with Gasteiger partial charge in [-0.2, -0.15) is 0 Å². The van der Waals surface area contributed by atoms with Gasteiger partial charge in [0.05, 0.1) is 5.69 Å². The van der Waals surface area contributed by atoms with Crippen LogP contribution >= 0.6 is 27.3 Å². The predicted molar refractivity (Wildman–Crippen MR) is 78.3 cm³/mol. The number of hydrogen-bond donors (Lipinski definition) is 1. The molecule has 2 rings (SSSR count). The van der Waals surface area contributed by atoms with Crippen molar-refractivity contribution in [2.24, 2.45) is 0 Å². The van der Waals surface area contributed by atoms with Gasteiger partial charge in [0.15, 0.2) is 5.13 Å². The first-order valence-electron chi connectivity index (χ1n) is 5.58. The zero-order chi connectivity index (χ0) is 13.1. The molecule has 1 heterocycles. The Labute approximate surface area is 118 Å². The highest BCUT2D eigenvalue weighted by molar-refractivity contribution is 9.10. The monoisotopic (exact) mass is 324 g/mol. The van der Waals surface area contributed by atoms with E-state index in [1.54, 1.807) is 12.1 Å². The Morgan fingerprint density at radius 2 is 2.22 bits per heavy atom. The maximum Gasteiger partial charge on any atom is 0.257 e. The number of nitrogens with one attached hydrogen (secondary N) is 1. The van der Waals surface area contributed by atoms with Crippen LogP contribution in [-0.2, 0) is 0 Å². The average Bonchev–Trinajstić information content (AvgIpc) is 2.77. The normalized spacial score (nSPS) is 10.7. The van der Waals surface area contributed by atoms with E-state index in [4.69, 9.17) is 0 Å². The van der Waals surface area contributed by atoms with Gasteiger partial charge in [0.25, 0.3) is 5.91 Å². The summed E-state index contributed by atoms with van der Waals surface area (Å²) in [4.78, 5) is 16.4. The minimum Gasteiger partial charge on any atom is -0.298 e. The number of aromatic nitrogens is 1. The highest BCUT2D eigenvalue weighted by Crippen LogP contribution is 2.22. The van der Waals surface area contributed by atoms with Gasteiger partial charge in [0.2, 0.25) is 0 Å². The highest BCUT2D eigenvalue weighted by atomic mass is 79.9. The number of amides is 1. The smallest absolute Gasteiger partial charge is 0.257 e. The van der Waals surface area contributed by atoms with Crippen LogP contribution in [-0.4, -0.2) is 10.9 Å². The van der Waals surface area contributed by atoms with Gasteiger partial charge in [0.1, 0.15) is 0 Å². The van der Waals surface area contributed by atoms with Crippen molar-refractivity contribution in [2.75, 3.05) is 5.32 Å². The van der Waals surface area contributed by atoms with Gasteiger partial charge >= 0.3 is 0 Å². The lowest BCUT2D eigenvalue weighted by Crippen LogP contribution is -2.11. The van der Waals surface area contributed by atoms with Gasteiger partial charge in [-0.1, -0.05) is 35.8 Å².